The molecule has 0 spiro atoms. The van der Waals surface area contributed by atoms with Gasteiger partial charge in [-0.15, -0.1) is 5.10 Å². The van der Waals surface area contributed by atoms with Gasteiger partial charge in [0.25, 0.3) is 0 Å². The summed E-state index contributed by atoms with van der Waals surface area (Å²) in [5.74, 6) is -0.204. The predicted molar refractivity (Wildman–Crippen MR) is 83.5 cm³/mol. The standard InChI is InChI=1S/C14H16ClN5O4/c15-10-3-5-11(6-4-10)24-9-12-17-18-19-20(12)8-13(21)16-7-1-2-14(22)23/h3-6H,1-2,7-9H2,(H,16,21)(H,22,23). The Bertz CT molecular complexity index is 689. The summed E-state index contributed by atoms with van der Waals surface area (Å²) in [5, 5.41) is 22.8. The SMILES string of the molecule is O=C(O)CCCNC(=O)Cn1nnnc1COc1ccc(Cl)cc1. The molecule has 0 fully saturated rings. The van der Waals surface area contributed by atoms with E-state index in [4.69, 9.17) is 21.4 Å². The molecule has 2 N–H and O–H groups in total. The second kappa shape index (κ2) is 8.82. The lowest BCUT2D eigenvalue weighted by Crippen LogP contribution is -2.30. The lowest BCUT2D eigenvalue weighted by Gasteiger charge is -2.07. The number of carbonyl (C=O) groups excluding carboxylic acids is 1. The van der Waals surface area contributed by atoms with Crippen LogP contribution in [-0.2, 0) is 22.7 Å². The molecule has 1 heterocycles. The Morgan fingerprint density at radius 3 is 2.75 bits per heavy atom. The molecular formula is C14H16ClN5O4. The molecule has 2 aromatic rings. The topological polar surface area (TPSA) is 119 Å². The van der Waals surface area contributed by atoms with Gasteiger partial charge < -0.3 is 15.2 Å². The molecule has 1 amide bonds. The first-order valence-corrected chi connectivity index (χ1v) is 7.54. The number of benzene rings is 1. The zero-order valence-electron chi connectivity index (χ0n) is 12.7. The third kappa shape index (κ3) is 5.84. The van der Waals surface area contributed by atoms with Gasteiger partial charge in [-0.05, 0) is 41.1 Å². The van der Waals surface area contributed by atoms with E-state index in [-0.39, 0.29) is 32.0 Å². The Balaban J connectivity index is 1.80. The molecule has 2 rings (SSSR count). The van der Waals surface area contributed by atoms with Crippen LogP contribution < -0.4 is 10.1 Å². The number of aromatic nitrogens is 4. The molecule has 128 valence electrons. The number of tetrazole rings is 1. The number of halogens is 1. The molecule has 0 atom stereocenters. The summed E-state index contributed by atoms with van der Waals surface area (Å²) >= 11 is 5.79. The van der Waals surface area contributed by atoms with Crippen LogP contribution in [0.4, 0.5) is 0 Å². The van der Waals surface area contributed by atoms with Gasteiger partial charge in [0.1, 0.15) is 18.9 Å². The second-order valence-corrected chi connectivity index (χ2v) is 5.28. The van der Waals surface area contributed by atoms with Crippen molar-refractivity contribution in [3.8, 4) is 5.75 Å². The molecule has 0 saturated heterocycles. The zero-order chi connectivity index (χ0) is 17.4. The smallest absolute Gasteiger partial charge is 0.303 e. The minimum absolute atomic E-state index is 0.00530. The van der Waals surface area contributed by atoms with Crippen LogP contribution in [0.15, 0.2) is 24.3 Å². The third-order valence-corrected chi connectivity index (χ3v) is 3.22. The highest BCUT2D eigenvalue weighted by Gasteiger charge is 2.11. The number of hydrogen-bond donors (Lipinski definition) is 2. The zero-order valence-corrected chi connectivity index (χ0v) is 13.4. The quantitative estimate of drug-likeness (QED) is 0.642. The fraction of sp³-hybridized carbons (Fsp3) is 0.357. The molecule has 0 saturated carbocycles. The molecule has 1 aromatic heterocycles. The van der Waals surface area contributed by atoms with Gasteiger partial charge in [-0.1, -0.05) is 11.6 Å². The van der Waals surface area contributed by atoms with Crippen LogP contribution in [0.1, 0.15) is 18.7 Å². The van der Waals surface area contributed by atoms with Crippen molar-refractivity contribution in [1.29, 1.82) is 0 Å². The number of carbonyl (C=O) groups is 2. The molecule has 1 aromatic carbocycles. The van der Waals surface area contributed by atoms with Crippen molar-refractivity contribution in [3.05, 3.63) is 35.1 Å². The van der Waals surface area contributed by atoms with E-state index in [0.29, 0.717) is 23.0 Å². The number of aliphatic carboxylic acids is 1. The number of hydrogen-bond acceptors (Lipinski definition) is 6. The first-order valence-electron chi connectivity index (χ1n) is 7.16. The molecule has 0 aliphatic carbocycles. The van der Waals surface area contributed by atoms with Crippen molar-refractivity contribution in [3.63, 3.8) is 0 Å². The molecule has 0 bridgehead atoms. The van der Waals surface area contributed by atoms with Crippen LogP contribution >= 0.6 is 11.6 Å². The summed E-state index contributed by atoms with van der Waals surface area (Å²) in [6, 6.07) is 6.83. The summed E-state index contributed by atoms with van der Waals surface area (Å²) in [7, 11) is 0. The summed E-state index contributed by atoms with van der Waals surface area (Å²) in [6.07, 6.45) is 0.370. The highest BCUT2D eigenvalue weighted by atomic mass is 35.5. The van der Waals surface area contributed by atoms with Crippen molar-refractivity contribution in [1.82, 2.24) is 25.5 Å². The predicted octanol–water partition coefficient (Wildman–Crippen LogP) is 0.886. The van der Waals surface area contributed by atoms with Gasteiger partial charge in [-0.25, -0.2) is 4.68 Å². The summed E-state index contributed by atoms with van der Waals surface area (Å²) < 4.78 is 6.86. The van der Waals surface area contributed by atoms with Crippen molar-refractivity contribution in [2.75, 3.05) is 6.54 Å². The normalized spacial score (nSPS) is 10.4. The fourth-order valence-corrected chi connectivity index (χ4v) is 1.91. The Morgan fingerprint density at radius 2 is 2.04 bits per heavy atom. The third-order valence-electron chi connectivity index (χ3n) is 2.97. The second-order valence-electron chi connectivity index (χ2n) is 4.84. The van der Waals surface area contributed by atoms with Gasteiger partial charge in [-0.2, -0.15) is 0 Å². The van der Waals surface area contributed by atoms with Crippen molar-refractivity contribution in [2.24, 2.45) is 0 Å². The van der Waals surface area contributed by atoms with Crippen LogP contribution in [0.5, 0.6) is 5.75 Å². The number of nitrogens with zero attached hydrogens (tertiary/aromatic N) is 4. The molecule has 0 unspecified atom stereocenters. The maximum Gasteiger partial charge on any atom is 0.303 e. The average Bonchev–Trinajstić information content (AvgIpc) is 2.98. The lowest BCUT2D eigenvalue weighted by atomic mass is 10.3. The van der Waals surface area contributed by atoms with E-state index in [2.05, 4.69) is 20.8 Å². The summed E-state index contributed by atoms with van der Waals surface area (Å²) in [4.78, 5) is 22.2. The van der Waals surface area contributed by atoms with Gasteiger partial charge in [0, 0.05) is 18.0 Å². The highest BCUT2D eigenvalue weighted by molar-refractivity contribution is 6.30. The van der Waals surface area contributed by atoms with E-state index >= 15 is 0 Å². The number of rotatable bonds is 9. The van der Waals surface area contributed by atoms with Crippen LogP contribution in [0, 0.1) is 0 Å². The Labute approximate surface area is 142 Å². The van der Waals surface area contributed by atoms with Gasteiger partial charge in [0.05, 0.1) is 0 Å². The fourth-order valence-electron chi connectivity index (χ4n) is 1.79. The van der Waals surface area contributed by atoms with E-state index in [0.717, 1.165) is 0 Å². The molecule has 9 nitrogen and oxygen atoms in total. The largest absolute Gasteiger partial charge is 0.486 e. The maximum atomic E-state index is 11.8. The first kappa shape index (κ1) is 17.7. The minimum Gasteiger partial charge on any atom is -0.486 e. The average molecular weight is 354 g/mol. The number of ether oxygens (including phenoxy) is 1. The molecule has 0 radical (unpaired) electrons. The van der Waals surface area contributed by atoms with E-state index < -0.39 is 5.97 Å². The Hall–Kier alpha value is -2.68. The van der Waals surface area contributed by atoms with Crippen LogP contribution in [0.2, 0.25) is 5.02 Å². The monoisotopic (exact) mass is 353 g/mol. The molecule has 10 heteroatoms. The highest BCUT2D eigenvalue weighted by Crippen LogP contribution is 2.16. The van der Waals surface area contributed by atoms with Gasteiger partial charge >= 0.3 is 5.97 Å². The van der Waals surface area contributed by atoms with Crippen LogP contribution in [0.3, 0.4) is 0 Å². The number of amides is 1. The molecule has 0 aliphatic rings. The van der Waals surface area contributed by atoms with E-state index in [9.17, 15) is 9.59 Å². The summed E-state index contributed by atoms with van der Waals surface area (Å²) in [6.45, 7) is 0.310. The van der Waals surface area contributed by atoms with Gasteiger partial charge in [0.2, 0.25) is 5.91 Å². The maximum absolute atomic E-state index is 11.8. The Kier molecular flexibility index (Phi) is 6.50. The van der Waals surface area contributed by atoms with Gasteiger partial charge in [-0.3, -0.25) is 9.59 Å². The lowest BCUT2D eigenvalue weighted by molar-refractivity contribution is -0.137. The van der Waals surface area contributed by atoms with E-state index in [1.165, 1.54) is 4.68 Å². The van der Waals surface area contributed by atoms with Crippen LogP contribution in [0.25, 0.3) is 0 Å². The van der Waals surface area contributed by atoms with Crippen molar-refractivity contribution < 1.29 is 19.4 Å². The number of carboxylic acid groups (broad SMARTS) is 1. The van der Waals surface area contributed by atoms with E-state index in [1.807, 2.05) is 0 Å². The number of carboxylic acids is 1. The van der Waals surface area contributed by atoms with Crippen molar-refractivity contribution in [2.45, 2.75) is 26.0 Å². The van der Waals surface area contributed by atoms with E-state index in [1.54, 1.807) is 24.3 Å². The first-order chi connectivity index (χ1) is 11.5. The number of nitrogens with one attached hydrogen (secondary N) is 1. The molecule has 0 aliphatic heterocycles. The van der Waals surface area contributed by atoms with Gasteiger partial charge in [0.15, 0.2) is 5.82 Å². The minimum atomic E-state index is -0.897. The van der Waals surface area contributed by atoms with Crippen LogP contribution in [-0.4, -0.2) is 43.7 Å². The summed E-state index contributed by atoms with van der Waals surface area (Å²) in [5.41, 5.74) is 0. The molecular weight excluding hydrogens is 338 g/mol. The Morgan fingerprint density at radius 1 is 1.29 bits per heavy atom. The van der Waals surface area contributed by atoms with Crippen molar-refractivity contribution >= 4 is 23.5 Å². The molecule has 24 heavy (non-hydrogen) atoms.